The fourth-order valence-electron chi connectivity index (χ4n) is 9.59. The summed E-state index contributed by atoms with van der Waals surface area (Å²) in [5.74, 6) is 0.923. The predicted octanol–water partition coefficient (Wildman–Crippen LogP) is 14.8. The van der Waals surface area contributed by atoms with Gasteiger partial charge in [-0.25, -0.2) is 4.98 Å². The molecule has 4 nitrogen and oxygen atoms in total. The van der Waals surface area contributed by atoms with Crippen LogP contribution in [0, 0.1) is 0 Å². The van der Waals surface area contributed by atoms with Crippen LogP contribution >= 0.6 is 0 Å². The van der Waals surface area contributed by atoms with Gasteiger partial charge < -0.3 is 0 Å². The summed E-state index contributed by atoms with van der Waals surface area (Å²) in [7, 11) is 0. The molecular weight excluding hydrogens is 741 g/mol. The minimum absolute atomic E-state index is 0.923. The molecule has 61 heavy (non-hydrogen) atoms. The summed E-state index contributed by atoms with van der Waals surface area (Å²) in [6.45, 7) is 0. The van der Waals surface area contributed by atoms with Crippen LogP contribution in [-0.4, -0.2) is 19.5 Å². The van der Waals surface area contributed by atoms with E-state index in [1.54, 1.807) is 0 Å². The van der Waals surface area contributed by atoms with Gasteiger partial charge in [-0.05, 0) is 142 Å². The first-order valence-corrected chi connectivity index (χ1v) is 20.7. The summed E-state index contributed by atoms with van der Waals surface area (Å²) in [5, 5.41) is 9.67. The Morgan fingerprint density at radius 1 is 0.295 bits per heavy atom. The molecule has 3 heterocycles. The van der Waals surface area contributed by atoms with E-state index in [9.17, 15) is 0 Å². The Kier molecular flexibility index (Phi) is 8.13. The first-order valence-electron chi connectivity index (χ1n) is 20.7. The number of aromatic nitrogens is 4. The van der Waals surface area contributed by atoms with Gasteiger partial charge in [0.2, 0.25) is 0 Å². The highest BCUT2D eigenvalue weighted by molar-refractivity contribution is 6.25. The number of benzene rings is 9. The third-order valence-corrected chi connectivity index (χ3v) is 12.2. The lowest BCUT2D eigenvalue weighted by Gasteiger charge is -2.20. The maximum atomic E-state index is 5.15. The number of hydrogen-bond donors (Lipinski definition) is 0. The minimum Gasteiger partial charge on any atom is -0.292 e. The van der Waals surface area contributed by atoms with Crippen molar-refractivity contribution >= 4 is 54.1 Å². The largest absolute Gasteiger partial charge is 0.292 e. The van der Waals surface area contributed by atoms with Crippen molar-refractivity contribution in [3.63, 3.8) is 0 Å². The zero-order valence-corrected chi connectivity index (χ0v) is 33.1. The van der Waals surface area contributed by atoms with Crippen LogP contribution < -0.4 is 0 Å². The standard InChI is InChI=1S/C57H36N4/c1-2-12-42(13-3-1)61-52-21-11-10-20-51(52)60-57(61)40-24-22-37(23-25-40)53-44-15-5-8-18-47(44)56(48-19-9-6-16-45(48)53)41-26-27-49-50(36-41)55(39-30-34-59-35-31-39)46-17-7-4-14-43(46)54(49)38-28-32-58-33-29-38/h1-36H. The Hall–Kier alpha value is -8.21. The van der Waals surface area contributed by atoms with Gasteiger partial charge in [0.05, 0.1) is 11.0 Å². The molecule has 0 spiro atoms. The summed E-state index contributed by atoms with van der Waals surface area (Å²) in [6, 6.07) is 70.0. The van der Waals surface area contributed by atoms with E-state index in [4.69, 9.17) is 4.98 Å². The number of imidazole rings is 1. The summed E-state index contributed by atoms with van der Waals surface area (Å²) in [4.78, 5) is 13.9. The van der Waals surface area contributed by atoms with E-state index in [0.717, 1.165) is 44.8 Å². The fourth-order valence-corrected chi connectivity index (χ4v) is 9.59. The van der Waals surface area contributed by atoms with Crippen LogP contribution in [0.4, 0.5) is 0 Å². The van der Waals surface area contributed by atoms with Crippen LogP contribution in [0.1, 0.15) is 0 Å². The lowest BCUT2D eigenvalue weighted by Crippen LogP contribution is -1.97. The Morgan fingerprint density at radius 3 is 1.23 bits per heavy atom. The van der Waals surface area contributed by atoms with Crippen molar-refractivity contribution in [2.75, 3.05) is 0 Å². The van der Waals surface area contributed by atoms with Crippen molar-refractivity contribution in [2.24, 2.45) is 0 Å². The van der Waals surface area contributed by atoms with Crippen LogP contribution in [0.25, 0.3) is 116 Å². The van der Waals surface area contributed by atoms with Crippen molar-refractivity contribution in [3.8, 4) is 61.6 Å². The van der Waals surface area contributed by atoms with E-state index in [1.807, 2.05) is 24.8 Å². The molecule has 12 aromatic rings. The zero-order chi connectivity index (χ0) is 40.3. The summed E-state index contributed by atoms with van der Waals surface area (Å²) >= 11 is 0. The molecule has 4 heteroatoms. The van der Waals surface area contributed by atoms with Gasteiger partial charge in [-0.1, -0.05) is 140 Å². The van der Waals surface area contributed by atoms with Gasteiger partial charge in [-0.2, -0.15) is 0 Å². The van der Waals surface area contributed by atoms with Crippen LogP contribution in [0.3, 0.4) is 0 Å². The topological polar surface area (TPSA) is 43.6 Å². The number of fused-ring (bicyclic) bond motifs is 5. The quantitative estimate of drug-likeness (QED) is 0.158. The fraction of sp³-hybridized carbons (Fsp3) is 0. The molecule has 0 aliphatic rings. The third kappa shape index (κ3) is 5.65. The Labute approximate surface area is 352 Å². The van der Waals surface area contributed by atoms with Crippen molar-refractivity contribution < 1.29 is 0 Å². The molecule has 0 N–H and O–H groups in total. The zero-order valence-electron chi connectivity index (χ0n) is 33.1. The molecule has 0 aliphatic heterocycles. The number of rotatable bonds is 6. The highest BCUT2D eigenvalue weighted by Gasteiger charge is 2.21. The first kappa shape index (κ1) is 34.8. The molecule has 3 aromatic heterocycles. The Balaban J connectivity index is 1.08. The van der Waals surface area contributed by atoms with Gasteiger partial charge in [0.15, 0.2) is 0 Å². The second-order valence-corrected chi connectivity index (χ2v) is 15.5. The Morgan fingerprint density at radius 2 is 0.689 bits per heavy atom. The van der Waals surface area contributed by atoms with Gasteiger partial charge in [0, 0.05) is 36.0 Å². The molecule has 0 radical (unpaired) electrons. The maximum absolute atomic E-state index is 5.15. The van der Waals surface area contributed by atoms with E-state index in [2.05, 4.69) is 209 Å². The van der Waals surface area contributed by atoms with Crippen molar-refractivity contribution in [1.82, 2.24) is 19.5 Å². The monoisotopic (exact) mass is 776 g/mol. The molecule has 0 aliphatic carbocycles. The van der Waals surface area contributed by atoms with Crippen LogP contribution in [0.5, 0.6) is 0 Å². The summed E-state index contributed by atoms with van der Waals surface area (Å²) in [5.41, 5.74) is 13.7. The molecule has 0 saturated heterocycles. The smallest absolute Gasteiger partial charge is 0.145 e. The lowest BCUT2D eigenvalue weighted by atomic mass is 9.83. The van der Waals surface area contributed by atoms with E-state index in [1.165, 1.54) is 70.9 Å². The average molecular weight is 777 g/mol. The van der Waals surface area contributed by atoms with Gasteiger partial charge in [0.25, 0.3) is 0 Å². The molecular formula is C57H36N4. The summed E-state index contributed by atoms with van der Waals surface area (Å²) in [6.07, 6.45) is 7.55. The molecule has 0 amide bonds. The second kappa shape index (κ2) is 14.3. The molecule has 9 aromatic carbocycles. The van der Waals surface area contributed by atoms with Gasteiger partial charge >= 0.3 is 0 Å². The molecule has 0 bridgehead atoms. The first-order chi connectivity index (χ1) is 30.3. The van der Waals surface area contributed by atoms with E-state index >= 15 is 0 Å². The molecule has 0 saturated carbocycles. The number of para-hydroxylation sites is 3. The molecule has 0 unspecified atom stereocenters. The minimum atomic E-state index is 0.923. The SMILES string of the molecule is c1ccc(-n2c(-c3ccc(-c4c5ccccc5c(-c5ccc6c(-c7ccncc7)c7ccccc7c(-c7ccncc7)c6c5)c5ccccc45)cc3)nc3ccccc32)cc1. The number of nitrogens with zero attached hydrogens (tertiary/aromatic N) is 4. The van der Waals surface area contributed by atoms with Gasteiger partial charge in [-0.15, -0.1) is 0 Å². The maximum Gasteiger partial charge on any atom is 0.145 e. The van der Waals surface area contributed by atoms with Crippen LogP contribution in [-0.2, 0) is 0 Å². The molecule has 12 rings (SSSR count). The summed E-state index contributed by atoms with van der Waals surface area (Å²) < 4.78 is 2.26. The van der Waals surface area contributed by atoms with Crippen molar-refractivity contribution in [2.45, 2.75) is 0 Å². The van der Waals surface area contributed by atoms with Crippen molar-refractivity contribution in [3.05, 3.63) is 219 Å². The average Bonchev–Trinajstić information content (AvgIpc) is 3.73. The van der Waals surface area contributed by atoms with Gasteiger partial charge in [-0.3, -0.25) is 14.5 Å². The predicted molar refractivity (Wildman–Crippen MR) is 254 cm³/mol. The number of pyridine rings is 2. The van der Waals surface area contributed by atoms with Crippen LogP contribution in [0.15, 0.2) is 219 Å². The van der Waals surface area contributed by atoms with Crippen molar-refractivity contribution in [1.29, 1.82) is 0 Å². The highest BCUT2D eigenvalue weighted by atomic mass is 15.1. The van der Waals surface area contributed by atoms with Gasteiger partial charge in [0.1, 0.15) is 5.82 Å². The van der Waals surface area contributed by atoms with E-state index in [0.29, 0.717) is 0 Å². The third-order valence-electron chi connectivity index (χ3n) is 12.2. The number of hydrogen-bond acceptors (Lipinski definition) is 3. The molecule has 284 valence electrons. The Bertz CT molecular complexity index is 3560. The van der Waals surface area contributed by atoms with Crippen LogP contribution in [0.2, 0.25) is 0 Å². The normalized spacial score (nSPS) is 11.6. The molecule has 0 fully saturated rings. The van der Waals surface area contributed by atoms with E-state index < -0.39 is 0 Å². The lowest BCUT2D eigenvalue weighted by molar-refractivity contribution is 1.10. The molecule has 0 atom stereocenters. The van der Waals surface area contributed by atoms with E-state index in [-0.39, 0.29) is 0 Å². The second-order valence-electron chi connectivity index (χ2n) is 15.5. The highest BCUT2D eigenvalue weighted by Crippen LogP contribution is 2.48.